The molecule has 1 aliphatic carbocycles. The summed E-state index contributed by atoms with van der Waals surface area (Å²) < 4.78 is 0. The van der Waals surface area contributed by atoms with Crippen molar-refractivity contribution in [3.8, 4) is 0 Å². The minimum atomic E-state index is -0.957. The van der Waals surface area contributed by atoms with Gasteiger partial charge in [-0.1, -0.05) is 0 Å². The van der Waals surface area contributed by atoms with E-state index < -0.39 is 5.97 Å². The number of nitrogens with zero attached hydrogens (tertiary/aromatic N) is 2. The van der Waals surface area contributed by atoms with Crippen LogP contribution < -0.4 is 4.90 Å². The number of hydrogen-bond donors (Lipinski definition) is 2. The Morgan fingerprint density at radius 2 is 2.24 bits per heavy atom. The number of hydrogen-bond acceptors (Lipinski definition) is 4. The topological polar surface area (TPSA) is 73.7 Å². The molecule has 5 nitrogen and oxygen atoms in total. The van der Waals surface area contributed by atoms with E-state index in [4.69, 9.17) is 10.2 Å². The summed E-state index contributed by atoms with van der Waals surface area (Å²) in [5.74, 6) is -0.203. The second-order valence-corrected chi connectivity index (χ2v) is 4.26. The van der Waals surface area contributed by atoms with E-state index in [0.29, 0.717) is 18.3 Å². The van der Waals surface area contributed by atoms with Crippen molar-refractivity contribution in [1.82, 2.24) is 4.98 Å². The van der Waals surface area contributed by atoms with Crippen LogP contribution in [0.2, 0.25) is 0 Å². The highest BCUT2D eigenvalue weighted by atomic mass is 16.4. The first-order valence-corrected chi connectivity index (χ1v) is 5.72. The van der Waals surface area contributed by atoms with Gasteiger partial charge in [0.25, 0.3) is 0 Å². The van der Waals surface area contributed by atoms with E-state index in [1.54, 1.807) is 19.1 Å². The first kappa shape index (κ1) is 11.9. The first-order chi connectivity index (χ1) is 8.13. The molecule has 1 fully saturated rings. The molecule has 1 saturated carbocycles. The lowest BCUT2D eigenvalue weighted by molar-refractivity contribution is 0.0695. The Balaban J connectivity index is 2.25. The van der Waals surface area contributed by atoms with Crippen molar-refractivity contribution in [2.75, 3.05) is 18.1 Å². The van der Waals surface area contributed by atoms with E-state index in [-0.39, 0.29) is 12.2 Å². The molecule has 0 aromatic carbocycles. The van der Waals surface area contributed by atoms with E-state index in [1.807, 2.05) is 4.90 Å². The number of aliphatic hydroxyl groups excluding tert-OH is 1. The maximum Gasteiger partial charge on any atom is 0.337 e. The highest BCUT2D eigenvalue weighted by molar-refractivity contribution is 5.89. The second kappa shape index (κ2) is 4.71. The monoisotopic (exact) mass is 236 g/mol. The van der Waals surface area contributed by atoms with Gasteiger partial charge in [0.2, 0.25) is 0 Å². The molecule has 0 amide bonds. The first-order valence-electron chi connectivity index (χ1n) is 5.72. The van der Waals surface area contributed by atoms with Crippen molar-refractivity contribution in [2.24, 2.45) is 0 Å². The van der Waals surface area contributed by atoms with Gasteiger partial charge in [-0.15, -0.1) is 0 Å². The maximum absolute atomic E-state index is 10.9. The van der Waals surface area contributed by atoms with Crippen LogP contribution in [-0.4, -0.2) is 40.4 Å². The Morgan fingerprint density at radius 3 is 2.71 bits per heavy atom. The van der Waals surface area contributed by atoms with Gasteiger partial charge in [0.1, 0.15) is 5.82 Å². The minimum absolute atomic E-state index is 0.0813. The predicted molar refractivity (Wildman–Crippen MR) is 63.4 cm³/mol. The van der Waals surface area contributed by atoms with Gasteiger partial charge in [0, 0.05) is 12.6 Å². The summed E-state index contributed by atoms with van der Waals surface area (Å²) in [5, 5.41) is 17.9. The van der Waals surface area contributed by atoms with Crippen LogP contribution in [0.5, 0.6) is 0 Å². The largest absolute Gasteiger partial charge is 0.478 e. The van der Waals surface area contributed by atoms with Crippen molar-refractivity contribution in [2.45, 2.75) is 25.8 Å². The van der Waals surface area contributed by atoms with Gasteiger partial charge in [0.05, 0.1) is 17.9 Å². The van der Waals surface area contributed by atoms with Gasteiger partial charge in [0.15, 0.2) is 0 Å². The quantitative estimate of drug-likeness (QED) is 0.799. The zero-order valence-corrected chi connectivity index (χ0v) is 9.76. The second-order valence-electron chi connectivity index (χ2n) is 4.26. The van der Waals surface area contributed by atoms with E-state index in [9.17, 15) is 4.79 Å². The summed E-state index contributed by atoms with van der Waals surface area (Å²) in [6, 6.07) is 3.74. The van der Waals surface area contributed by atoms with Gasteiger partial charge >= 0.3 is 5.97 Å². The van der Waals surface area contributed by atoms with Gasteiger partial charge in [-0.25, -0.2) is 9.78 Å². The highest BCUT2D eigenvalue weighted by Crippen LogP contribution is 2.30. The van der Waals surface area contributed by atoms with Gasteiger partial charge in [-0.2, -0.15) is 0 Å². The molecule has 0 atom stereocenters. The van der Waals surface area contributed by atoms with Crippen molar-refractivity contribution in [3.63, 3.8) is 0 Å². The highest BCUT2D eigenvalue weighted by Gasteiger charge is 2.29. The minimum Gasteiger partial charge on any atom is -0.478 e. The molecule has 0 radical (unpaired) electrons. The number of pyridine rings is 1. The Bertz CT molecular complexity index is 430. The van der Waals surface area contributed by atoms with Crippen molar-refractivity contribution in [3.05, 3.63) is 23.4 Å². The molecule has 2 rings (SSSR count). The molecule has 0 spiro atoms. The maximum atomic E-state index is 10.9. The van der Waals surface area contributed by atoms with E-state index in [2.05, 4.69) is 4.98 Å². The van der Waals surface area contributed by atoms with Gasteiger partial charge < -0.3 is 15.1 Å². The average Bonchev–Trinajstić information content (AvgIpc) is 3.09. The molecule has 2 N–H and O–H groups in total. The summed E-state index contributed by atoms with van der Waals surface area (Å²) in [4.78, 5) is 17.2. The number of aromatic carboxylic acids is 1. The lowest BCUT2D eigenvalue weighted by Gasteiger charge is -2.23. The molecule has 0 aliphatic heterocycles. The van der Waals surface area contributed by atoms with Crippen LogP contribution in [0, 0.1) is 6.92 Å². The number of carboxylic acids is 1. The average molecular weight is 236 g/mol. The Hall–Kier alpha value is -1.62. The molecule has 0 unspecified atom stereocenters. The SMILES string of the molecule is Cc1nc(N(CCO)C2CC2)ccc1C(=O)O. The molecular weight excluding hydrogens is 220 g/mol. The lowest BCUT2D eigenvalue weighted by Crippen LogP contribution is -2.30. The van der Waals surface area contributed by atoms with Crippen LogP contribution in [0.3, 0.4) is 0 Å². The summed E-state index contributed by atoms with van der Waals surface area (Å²) in [5.41, 5.74) is 0.743. The van der Waals surface area contributed by atoms with Gasteiger partial charge in [-0.05, 0) is 31.9 Å². The fourth-order valence-electron chi connectivity index (χ4n) is 1.91. The summed E-state index contributed by atoms with van der Waals surface area (Å²) in [6.07, 6.45) is 2.23. The third kappa shape index (κ3) is 2.55. The molecular formula is C12H16N2O3. The number of anilines is 1. The van der Waals surface area contributed by atoms with E-state index in [0.717, 1.165) is 18.7 Å². The van der Waals surface area contributed by atoms with E-state index >= 15 is 0 Å². The molecule has 92 valence electrons. The number of aromatic nitrogens is 1. The normalized spacial score (nSPS) is 14.7. The smallest absolute Gasteiger partial charge is 0.337 e. The molecule has 1 aromatic heterocycles. The van der Waals surface area contributed by atoms with Crippen LogP contribution in [0.1, 0.15) is 28.9 Å². The van der Waals surface area contributed by atoms with Crippen molar-refractivity contribution >= 4 is 11.8 Å². The van der Waals surface area contributed by atoms with Crippen LogP contribution in [0.4, 0.5) is 5.82 Å². The van der Waals surface area contributed by atoms with Crippen molar-refractivity contribution < 1.29 is 15.0 Å². The molecule has 1 aliphatic rings. The number of aryl methyl sites for hydroxylation is 1. The zero-order chi connectivity index (χ0) is 12.4. The van der Waals surface area contributed by atoms with Crippen LogP contribution >= 0.6 is 0 Å². The third-order valence-electron chi connectivity index (χ3n) is 2.92. The molecule has 17 heavy (non-hydrogen) atoms. The predicted octanol–water partition coefficient (Wildman–Crippen LogP) is 1.05. The third-order valence-corrected chi connectivity index (χ3v) is 2.92. The molecule has 1 aromatic rings. The summed E-state index contributed by atoms with van der Waals surface area (Å²) >= 11 is 0. The number of rotatable bonds is 5. The van der Waals surface area contributed by atoms with Crippen LogP contribution in [0.15, 0.2) is 12.1 Å². The number of carboxylic acid groups (broad SMARTS) is 1. The fraction of sp³-hybridized carbons (Fsp3) is 0.500. The number of aliphatic hydroxyl groups is 1. The lowest BCUT2D eigenvalue weighted by atomic mass is 10.2. The summed E-state index contributed by atoms with van der Waals surface area (Å²) in [6.45, 7) is 2.32. The Kier molecular flexibility index (Phi) is 3.28. The van der Waals surface area contributed by atoms with Crippen LogP contribution in [-0.2, 0) is 0 Å². The Labute approximate surface area is 99.7 Å². The fourth-order valence-corrected chi connectivity index (χ4v) is 1.91. The number of carbonyl (C=O) groups is 1. The molecule has 5 heteroatoms. The van der Waals surface area contributed by atoms with Crippen LogP contribution in [0.25, 0.3) is 0 Å². The molecule has 0 saturated heterocycles. The standard InChI is InChI=1S/C12H16N2O3/c1-8-10(12(16)17)4-5-11(13-8)14(6-7-15)9-2-3-9/h4-5,9,15H,2-3,6-7H2,1H3,(H,16,17). The zero-order valence-electron chi connectivity index (χ0n) is 9.76. The summed E-state index contributed by atoms with van der Waals surface area (Å²) in [7, 11) is 0. The molecule has 0 bridgehead atoms. The molecule has 1 heterocycles. The Morgan fingerprint density at radius 1 is 1.53 bits per heavy atom. The van der Waals surface area contributed by atoms with Crippen molar-refractivity contribution in [1.29, 1.82) is 0 Å². The van der Waals surface area contributed by atoms with Gasteiger partial charge in [-0.3, -0.25) is 0 Å². The van der Waals surface area contributed by atoms with E-state index in [1.165, 1.54) is 0 Å².